The first-order chi connectivity index (χ1) is 20.9. The predicted molar refractivity (Wildman–Crippen MR) is 150 cm³/mol. The van der Waals surface area contributed by atoms with E-state index < -0.39 is 81.6 Å². The average Bonchev–Trinajstić information content (AvgIpc) is 3.73. The van der Waals surface area contributed by atoms with Gasteiger partial charge in [0, 0.05) is 0 Å². The van der Waals surface area contributed by atoms with Gasteiger partial charge in [-0.3, -0.25) is 32.0 Å². The highest BCUT2D eigenvalue weighted by atomic mass is 32.7. The van der Waals surface area contributed by atoms with Crippen molar-refractivity contribution in [1.82, 2.24) is 39.0 Å². The van der Waals surface area contributed by atoms with Gasteiger partial charge in [0.15, 0.2) is 47.4 Å². The maximum Gasteiger partial charge on any atom is 0.386 e. The van der Waals surface area contributed by atoms with Crippen molar-refractivity contribution < 1.29 is 45.5 Å². The monoisotopic (exact) mass is 695 g/mol. The number of hydrogen-bond donors (Lipinski definition) is 4. The Hall–Kier alpha value is -2.52. The van der Waals surface area contributed by atoms with E-state index >= 15 is 8.78 Å². The Labute approximate surface area is 254 Å². The molecule has 0 saturated carbocycles. The molecule has 3 fully saturated rings. The summed E-state index contributed by atoms with van der Waals surface area (Å²) < 4.78 is 94.1. The maximum absolute atomic E-state index is 15.9. The van der Waals surface area contributed by atoms with Crippen LogP contribution in [0.15, 0.2) is 30.1 Å². The lowest BCUT2D eigenvalue weighted by atomic mass is 10.1. The summed E-state index contributed by atoms with van der Waals surface area (Å²) in [5.41, 5.74) is 5.50. The molecule has 0 radical (unpaired) electrons. The lowest BCUT2D eigenvalue weighted by Crippen LogP contribution is -2.33. The number of rotatable bonds is 2. The predicted octanol–water partition coefficient (Wildman–Crippen LogP) is 1.91. The normalized spacial score (nSPS) is 38.3. The number of fused-ring (bicyclic) bond motifs is 5. The fraction of sp³-hybridized carbons (Fsp3) is 0.500. The average molecular weight is 696 g/mol. The number of aromatic amines is 1. The van der Waals surface area contributed by atoms with E-state index in [-0.39, 0.29) is 28.1 Å². The maximum atomic E-state index is 15.9. The number of nitrogen functional groups attached to an aromatic ring is 1. The summed E-state index contributed by atoms with van der Waals surface area (Å²) >= 11 is 7.95. The molecule has 7 heterocycles. The molecule has 0 aromatic carbocycles. The van der Waals surface area contributed by atoms with Gasteiger partial charge in [0.25, 0.3) is 5.56 Å². The van der Waals surface area contributed by atoms with Gasteiger partial charge >= 0.3 is 13.6 Å². The summed E-state index contributed by atoms with van der Waals surface area (Å²) in [5.74, 6) is 0.0428. The number of alkyl halides is 2. The van der Waals surface area contributed by atoms with E-state index in [2.05, 4.69) is 54.4 Å². The molecule has 236 valence electrons. The Bertz CT molecular complexity index is 1900. The lowest BCUT2D eigenvalue weighted by Gasteiger charge is -2.26. The zero-order chi connectivity index (χ0) is 31.0. The van der Waals surface area contributed by atoms with E-state index in [0.717, 1.165) is 23.5 Å². The number of nitrogens with one attached hydrogen (secondary N) is 1. The van der Waals surface area contributed by atoms with Gasteiger partial charge in [0.1, 0.15) is 36.3 Å². The molecule has 0 spiro atoms. The van der Waals surface area contributed by atoms with Crippen molar-refractivity contribution in [3.8, 4) is 0 Å². The smallest absolute Gasteiger partial charge is 0.382 e. The van der Waals surface area contributed by atoms with E-state index in [9.17, 15) is 13.9 Å². The number of aromatic nitrogens is 8. The fourth-order valence-electron chi connectivity index (χ4n) is 5.15. The molecule has 44 heavy (non-hydrogen) atoms. The molecule has 0 aliphatic carbocycles. The first-order valence-corrected chi connectivity index (χ1v) is 18.1. The highest BCUT2D eigenvalue weighted by molar-refractivity contribution is 8.44. The van der Waals surface area contributed by atoms with Crippen LogP contribution < -0.4 is 11.3 Å². The van der Waals surface area contributed by atoms with Gasteiger partial charge in [0.05, 0.1) is 32.2 Å². The molecule has 18 nitrogen and oxygen atoms in total. The van der Waals surface area contributed by atoms with E-state index in [1.54, 1.807) is 0 Å². The van der Waals surface area contributed by atoms with Gasteiger partial charge in [-0.2, -0.15) is 0 Å². The Morgan fingerprint density at radius 3 is 2.20 bits per heavy atom. The van der Waals surface area contributed by atoms with E-state index in [1.807, 2.05) is 0 Å². The van der Waals surface area contributed by atoms with Crippen molar-refractivity contribution in [2.45, 2.75) is 49.2 Å². The molecule has 3 saturated heterocycles. The highest BCUT2D eigenvalue weighted by Crippen LogP contribution is 2.60. The summed E-state index contributed by atoms with van der Waals surface area (Å²) in [5, 5.41) is 0. The lowest BCUT2D eigenvalue weighted by molar-refractivity contribution is -0.0563. The van der Waals surface area contributed by atoms with Crippen LogP contribution in [-0.2, 0) is 36.7 Å². The molecule has 4 aromatic heterocycles. The van der Waals surface area contributed by atoms with Crippen LogP contribution in [0.1, 0.15) is 12.5 Å². The minimum Gasteiger partial charge on any atom is -0.382 e. The van der Waals surface area contributed by atoms with Crippen molar-refractivity contribution in [3.63, 3.8) is 0 Å². The Balaban J connectivity index is 1.20. The topological polar surface area (TPSA) is 223 Å². The molecule has 0 amide bonds. The van der Waals surface area contributed by atoms with Gasteiger partial charge in [-0.1, -0.05) is 24.5 Å². The van der Waals surface area contributed by atoms with Crippen LogP contribution in [0, 0.1) is 0 Å². The quantitative estimate of drug-likeness (QED) is 0.174. The number of halogens is 2. The second-order valence-electron chi connectivity index (χ2n) is 9.83. The summed E-state index contributed by atoms with van der Waals surface area (Å²) in [4.78, 5) is 34.5. The molecule has 4 aromatic rings. The zero-order valence-electron chi connectivity index (χ0n) is 21.8. The molecule has 3 N–H and O–H groups in total. The minimum absolute atomic E-state index is 0.0163. The zero-order valence-corrected chi connectivity index (χ0v) is 25.3. The molecule has 2 bridgehead atoms. The molecule has 3 aliphatic heterocycles. The van der Waals surface area contributed by atoms with Crippen LogP contribution in [0.25, 0.3) is 22.3 Å². The molecular weight excluding hydrogens is 674 g/mol. The number of ether oxygens (including phenoxy) is 2. The van der Waals surface area contributed by atoms with Crippen LogP contribution in [0.4, 0.5) is 14.6 Å². The third-order valence-corrected chi connectivity index (χ3v) is 10.4. The Morgan fingerprint density at radius 2 is 1.45 bits per heavy atom. The number of nitrogens with zero attached hydrogens (tertiary/aromatic N) is 7. The van der Waals surface area contributed by atoms with Crippen LogP contribution in [0.2, 0.25) is 0 Å². The third kappa shape index (κ3) is 5.25. The summed E-state index contributed by atoms with van der Waals surface area (Å²) in [6.07, 6.45) is -8.62. The molecule has 3 aliphatic rings. The number of anilines is 1. The van der Waals surface area contributed by atoms with Crippen LogP contribution in [0.3, 0.4) is 0 Å². The van der Waals surface area contributed by atoms with Gasteiger partial charge in [-0.25, -0.2) is 42.8 Å². The van der Waals surface area contributed by atoms with Gasteiger partial charge in [-0.15, -0.1) is 0 Å². The van der Waals surface area contributed by atoms with Crippen molar-refractivity contribution in [2.24, 2.45) is 0 Å². The fourth-order valence-corrected chi connectivity index (χ4v) is 8.09. The molecule has 7 rings (SSSR count). The standard InChI is InChI=1S/C20H21F2N9O9P2S2/c21-9-7-1-35-41(33,43)39-13-8(38-19(10(13)22)30-6-29-12-17(30)26-4-27-18(12)32)2-36-42(34,44)40-14(9)20(37-7)31-5-28-11-15(23)24-3-25-16(11)31/h3-10,13-14,19-20H,1-2H2,(H,33,43)(H,34,44)(H2,23,24,25)(H,26,27,32)/t7-,8-,9+,10-,13-,14-,19-,20-,41?,42?/m1/s1. The van der Waals surface area contributed by atoms with Crippen LogP contribution >= 0.6 is 38.1 Å². The van der Waals surface area contributed by atoms with E-state index in [4.69, 9.17) is 33.3 Å². The van der Waals surface area contributed by atoms with E-state index in [1.165, 1.54) is 10.9 Å². The minimum atomic E-state index is -4.45. The van der Waals surface area contributed by atoms with E-state index in [0.29, 0.717) is 0 Å². The number of imidazole rings is 2. The summed E-state index contributed by atoms with van der Waals surface area (Å²) in [6, 6.07) is 0. The van der Waals surface area contributed by atoms with Crippen LogP contribution in [-0.4, -0.2) is 89.0 Å². The number of nitrogens with two attached hydrogens (primary N) is 1. The molecule has 24 heteroatoms. The summed E-state index contributed by atoms with van der Waals surface area (Å²) in [6.45, 7) is -10.3. The molecular formula is C20H21F2N9O9P2S2. The van der Waals surface area contributed by atoms with Gasteiger partial charge in [0.2, 0.25) is 0 Å². The van der Waals surface area contributed by atoms with Crippen molar-refractivity contribution in [3.05, 3.63) is 35.7 Å². The number of H-pyrrole nitrogens is 1. The van der Waals surface area contributed by atoms with Crippen molar-refractivity contribution >= 4 is 66.2 Å². The molecule has 2 unspecified atom stereocenters. The Morgan fingerprint density at radius 1 is 0.841 bits per heavy atom. The number of hydrogen-bond acceptors (Lipinski definition) is 15. The second kappa shape index (κ2) is 11.1. The molecule has 10 atom stereocenters. The van der Waals surface area contributed by atoms with Crippen molar-refractivity contribution in [2.75, 3.05) is 18.9 Å². The Kier molecular flexibility index (Phi) is 7.59. The highest BCUT2D eigenvalue weighted by Gasteiger charge is 2.54. The second-order valence-corrected chi connectivity index (χ2v) is 15.6. The van der Waals surface area contributed by atoms with Crippen molar-refractivity contribution in [1.29, 1.82) is 0 Å². The first kappa shape index (κ1) is 30.2. The largest absolute Gasteiger partial charge is 0.386 e. The number of thiol groups is 2. The van der Waals surface area contributed by atoms with Gasteiger partial charge in [-0.05, 0) is 0 Å². The third-order valence-electron chi connectivity index (χ3n) is 7.15. The summed E-state index contributed by atoms with van der Waals surface area (Å²) in [7, 11) is 0. The van der Waals surface area contributed by atoms with Crippen LogP contribution in [0.5, 0.6) is 0 Å². The first-order valence-electron chi connectivity index (χ1n) is 12.7. The SMILES string of the molecule is Nc1ncnc2c1ncn2[C@@H]1O[C@@H]2COP(=O)(S)O[C@H]3[C@@H](F)[C@H](n4cnc5c(=O)[nH]cnc54)O[C@@H]3COP(=O)(S)O[C@@H]1[C@H]2F. The van der Waals surface area contributed by atoms with Gasteiger partial charge < -0.3 is 20.2 Å².